The number of rotatable bonds is 8. The molecule has 0 spiro atoms. The van der Waals surface area contributed by atoms with Crippen molar-refractivity contribution >= 4 is 28.1 Å². The molecule has 4 aromatic rings. The summed E-state index contributed by atoms with van der Waals surface area (Å²) in [5.41, 5.74) is 2.84. The molecular formula is C26H29N3O3S. The number of nitrogens with zero attached hydrogens (tertiary/aromatic N) is 2. The lowest BCUT2D eigenvalue weighted by Crippen LogP contribution is -2.08. The van der Waals surface area contributed by atoms with E-state index in [9.17, 15) is 5.11 Å². The molecule has 33 heavy (non-hydrogen) atoms. The van der Waals surface area contributed by atoms with Gasteiger partial charge in [-0.15, -0.1) is 11.3 Å². The minimum absolute atomic E-state index is 0.0256. The number of benzene rings is 2. The molecule has 0 aliphatic carbocycles. The van der Waals surface area contributed by atoms with E-state index in [-0.39, 0.29) is 6.04 Å². The van der Waals surface area contributed by atoms with E-state index in [2.05, 4.69) is 40.4 Å². The molecule has 0 bridgehead atoms. The van der Waals surface area contributed by atoms with Crippen molar-refractivity contribution in [1.82, 2.24) is 9.97 Å². The molecule has 7 heteroatoms. The number of aromatic nitrogens is 2. The van der Waals surface area contributed by atoms with Crippen molar-refractivity contribution in [1.29, 1.82) is 0 Å². The van der Waals surface area contributed by atoms with E-state index in [4.69, 9.17) is 9.47 Å². The lowest BCUT2D eigenvalue weighted by molar-refractivity contribution is 0.174. The summed E-state index contributed by atoms with van der Waals surface area (Å²) in [5, 5.41) is 14.9. The van der Waals surface area contributed by atoms with Crippen molar-refractivity contribution in [3.05, 3.63) is 64.8 Å². The van der Waals surface area contributed by atoms with Crippen LogP contribution in [-0.4, -0.2) is 29.3 Å². The Morgan fingerprint density at radius 1 is 1.03 bits per heavy atom. The molecule has 0 saturated heterocycles. The van der Waals surface area contributed by atoms with Gasteiger partial charge in [-0.1, -0.05) is 31.2 Å². The smallest absolute Gasteiger partial charge is 0.162 e. The van der Waals surface area contributed by atoms with Crippen molar-refractivity contribution in [2.45, 2.75) is 39.3 Å². The van der Waals surface area contributed by atoms with Crippen LogP contribution in [0.15, 0.2) is 48.5 Å². The number of ether oxygens (including phenoxy) is 2. The summed E-state index contributed by atoms with van der Waals surface area (Å²) in [6.45, 7) is 5.99. The third-order valence-corrected chi connectivity index (χ3v) is 6.99. The molecule has 172 valence electrons. The molecule has 0 amide bonds. The van der Waals surface area contributed by atoms with Gasteiger partial charge >= 0.3 is 0 Å². The Morgan fingerprint density at radius 2 is 1.76 bits per heavy atom. The van der Waals surface area contributed by atoms with E-state index in [0.29, 0.717) is 23.7 Å². The number of aliphatic hydroxyl groups excluding tert-OH is 1. The van der Waals surface area contributed by atoms with Crippen LogP contribution in [0.3, 0.4) is 0 Å². The number of aliphatic hydroxyl groups is 1. The van der Waals surface area contributed by atoms with Crippen LogP contribution in [0, 0.1) is 6.92 Å². The first-order valence-electron chi connectivity index (χ1n) is 11.0. The average Bonchev–Trinajstić information content (AvgIpc) is 3.33. The van der Waals surface area contributed by atoms with Gasteiger partial charge in [0.1, 0.15) is 11.6 Å². The van der Waals surface area contributed by atoms with Crippen LogP contribution in [0.5, 0.6) is 11.5 Å². The van der Waals surface area contributed by atoms with Crippen molar-refractivity contribution < 1.29 is 14.6 Å². The van der Waals surface area contributed by atoms with Crippen molar-refractivity contribution in [2.75, 3.05) is 19.5 Å². The number of thiophene rings is 1. The lowest BCUT2D eigenvalue weighted by atomic mass is 10.00. The van der Waals surface area contributed by atoms with Crippen molar-refractivity contribution in [3.63, 3.8) is 0 Å². The standard InChI is InChI=1S/C26H29N3O3S/c1-6-21(30)17-9-7-8-10-18(17)25-12-11-24(33-25)15(2)27-26-19-13-22(31-4)23(32-5)14-20(19)28-16(3)29-26/h7-15,21,30H,6H2,1-5H3,(H,27,28,29)/t15?,21-/m1/s1. The van der Waals surface area contributed by atoms with Gasteiger partial charge in [0, 0.05) is 21.2 Å². The third-order valence-electron chi connectivity index (χ3n) is 5.69. The van der Waals surface area contributed by atoms with Crippen molar-refractivity contribution in [2.24, 2.45) is 0 Å². The number of aryl methyl sites for hydroxylation is 1. The summed E-state index contributed by atoms with van der Waals surface area (Å²) in [6.07, 6.45) is 0.214. The zero-order valence-corrected chi connectivity index (χ0v) is 20.4. The molecule has 0 aliphatic rings. The summed E-state index contributed by atoms with van der Waals surface area (Å²) in [4.78, 5) is 11.5. The van der Waals surface area contributed by atoms with Gasteiger partial charge in [0.05, 0.1) is 31.9 Å². The molecule has 2 N–H and O–H groups in total. The Morgan fingerprint density at radius 3 is 2.48 bits per heavy atom. The number of methoxy groups -OCH3 is 2. The fourth-order valence-corrected chi connectivity index (χ4v) is 4.98. The van der Waals surface area contributed by atoms with Crippen LogP contribution in [-0.2, 0) is 0 Å². The van der Waals surface area contributed by atoms with E-state index in [1.54, 1.807) is 25.6 Å². The quantitative estimate of drug-likeness (QED) is 0.319. The number of fused-ring (bicyclic) bond motifs is 1. The first-order valence-corrected chi connectivity index (χ1v) is 11.8. The highest BCUT2D eigenvalue weighted by Gasteiger charge is 2.17. The summed E-state index contributed by atoms with van der Waals surface area (Å²) < 4.78 is 10.9. The Bertz CT molecular complexity index is 1270. The molecule has 4 rings (SSSR count). The van der Waals surface area contributed by atoms with Crippen LogP contribution in [0.2, 0.25) is 0 Å². The average molecular weight is 464 g/mol. The fraction of sp³-hybridized carbons (Fsp3) is 0.308. The topological polar surface area (TPSA) is 76.5 Å². The number of hydrogen-bond donors (Lipinski definition) is 2. The highest BCUT2D eigenvalue weighted by Crippen LogP contribution is 2.38. The zero-order chi connectivity index (χ0) is 23.5. The Balaban J connectivity index is 1.67. The maximum absolute atomic E-state index is 10.4. The van der Waals surface area contributed by atoms with Gasteiger partial charge in [-0.2, -0.15) is 0 Å². The van der Waals surface area contributed by atoms with Crippen molar-refractivity contribution in [3.8, 4) is 21.9 Å². The number of hydrogen-bond acceptors (Lipinski definition) is 7. The first-order chi connectivity index (χ1) is 15.9. The largest absolute Gasteiger partial charge is 0.493 e. The monoisotopic (exact) mass is 463 g/mol. The minimum atomic E-state index is -0.468. The van der Waals surface area contributed by atoms with Crippen LogP contribution >= 0.6 is 11.3 Å². The molecule has 0 fully saturated rings. The Labute approximate surface area is 198 Å². The molecule has 0 aliphatic heterocycles. The Kier molecular flexibility index (Phi) is 6.81. The molecule has 2 heterocycles. The van der Waals surface area contributed by atoms with Gasteiger partial charge in [-0.05, 0) is 49.6 Å². The van der Waals surface area contributed by atoms with E-state index >= 15 is 0 Å². The minimum Gasteiger partial charge on any atom is -0.493 e. The lowest BCUT2D eigenvalue weighted by Gasteiger charge is -2.17. The van der Waals surface area contributed by atoms with Crippen LogP contribution in [0.25, 0.3) is 21.3 Å². The Hall–Kier alpha value is -3.16. The molecule has 0 radical (unpaired) electrons. The molecule has 1 unspecified atom stereocenters. The van der Waals surface area contributed by atoms with Gasteiger partial charge in [-0.25, -0.2) is 9.97 Å². The second-order valence-electron chi connectivity index (χ2n) is 7.92. The number of nitrogens with one attached hydrogen (secondary N) is 1. The zero-order valence-electron chi connectivity index (χ0n) is 19.5. The van der Waals surface area contributed by atoms with Gasteiger partial charge in [0.25, 0.3) is 0 Å². The summed E-state index contributed by atoms with van der Waals surface area (Å²) in [6, 6.07) is 16.1. The maximum Gasteiger partial charge on any atom is 0.162 e. The van der Waals surface area contributed by atoms with E-state index in [1.165, 1.54) is 4.88 Å². The molecule has 2 atom stereocenters. The van der Waals surface area contributed by atoms with E-state index in [1.807, 2.05) is 44.2 Å². The highest BCUT2D eigenvalue weighted by atomic mass is 32.1. The van der Waals surface area contributed by atoms with Gasteiger partial charge < -0.3 is 19.9 Å². The third kappa shape index (κ3) is 4.65. The highest BCUT2D eigenvalue weighted by molar-refractivity contribution is 7.15. The van der Waals surface area contributed by atoms with Gasteiger partial charge in [0.2, 0.25) is 0 Å². The van der Waals surface area contributed by atoms with Gasteiger partial charge in [-0.3, -0.25) is 0 Å². The number of anilines is 1. The second kappa shape index (κ2) is 9.77. The molecule has 2 aromatic heterocycles. The van der Waals surface area contributed by atoms with Crippen LogP contribution in [0.4, 0.5) is 5.82 Å². The van der Waals surface area contributed by atoms with E-state index in [0.717, 1.165) is 32.7 Å². The fourth-order valence-electron chi connectivity index (χ4n) is 3.92. The SMILES string of the molecule is CC[C@@H](O)c1ccccc1-c1ccc(C(C)Nc2nc(C)nc3cc(OC)c(OC)cc23)s1. The second-order valence-corrected chi connectivity index (χ2v) is 9.04. The predicted molar refractivity (Wildman–Crippen MR) is 134 cm³/mol. The summed E-state index contributed by atoms with van der Waals surface area (Å²) in [5.74, 6) is 2.71. The molecule has 0 saturated carbocycles. The normalized spacial score (nSPS) is 13.0. The molecule has 6 nitrogen and oxygen atoms in total. The van der Waals surface area contributed by atoms with Gasteiger partial charge in [0.15, 0.2) is 11.5 Å². The van der Waals surface area contributed by atoms with Crippen LogP contribution < -0.4 is 14.8 Å². The first kappa shape index (κ1) is 23.0. The summed E-state index contributed by atoms with van der Waals surface area (Å²) in [7, 11) is 3.24. The predicted octanol–water partition coefficient (Wildman–Crippen LogP) is 6.30. The maximum atomic E-state index is 10.4. The van der Waals surface area contributed by atoms with Crippen LogP contribution in [0.1, 0.15) is 48.7 Å². The summed E-state index contributed by atoms with van der Waals surface area (Å²) >= 11 is 1.72. The molecule has 2 aromatic carbocycles. The molecular weight excluding hydrogens is 434 g/mol. The van der Waals surface area contributed by atoms with E-state index < -0.39 is 6.10 Å².